The molecule has 1 fully saturated rings. The van der Waals surface area contributed by atoms with Crippen molar-refractivity contribution in [3.63, 3.8) is 0 Å². The predicted octanol–water partition coefficient (Wildman–Crippen LogP) is 3.04. The molecule has 0 spiro atoms. The van der Waals surface area contributed by atoms with Crippen LogP contribution >= 0.6 is 0 Å². The summed E-state index contributed by atoms with van der Waals surface area (Å²) in [5, 5.41) is 0. The van der Waals surface area contributed by atoms with E-state index in [1.165, 1.54) is 0 Å². The number of hydrogen-bond donors (Lipinski definition) is 0. The highest BCUT2D eigenvalue weighted by atomic mass is 16.5. The van der Waals surface area contributed by atoms with Gasteiger partial charge in [0.1, 0.15) is 5.75 Å². The van der Waals surface area contributed by atoms with Gasteiger partial charge in [-0.3, -0.25) is 14.6 Å². The Balaban J connectivity index is 1.81. The molecule has 1 atom stereocenters. The van der Waals surface area contributed by atoms with Crippen molar-refractivity contribution in [2.24, 2.45) is 5.92 Å². The van der Waals surface area contributed by atoms with Crippen LogP contribution in [-0.2, 0) is 11.2 Å². The van der Waals surface area contributed by atoms with Gasteiger partial charge < -0.3 is 14.5 Å². The molecule has 2 amide bonds. The molecule has 1 aromatic heterocycles. The molecule has 0 saturated carbocycles. The van der Waals surface area contributed by atoms with Gasteiger partial charge in [0.2, 0.25) is 0 Å². The van der Waals surface area contributed by atoms with Crippen molar-refractivity contribution < 1.29 is 14.3 Å². The number of likely N-dealkylation sites (tertiary alicyclic amines) is 1. The number of hydrogen-bond acceptors (Lipinski definition) is 4. The molecule has 1 aliphatic rings. The summed E-state index contributed by atoms with van der Waals surface area (Å²) in [5.41, 5.74) is 1.69. The standard InChI is InChI=1S/C25H29N3O3/c1-4-7-24(29)28-14-11-20(12-15-28)23(17-19-8-5-10-22(16-19)31-3)27(2)25(30)21-9-6-13-26-18-21/h5-6,8-10,13,16,18,20,23H,11-12,14-15,17H2,1-3H3. The molecule has 3 rings (SSSR count). The summed E-state index contributed by atoms with van der Waals surface area (Å²) in [6.07, 6.45) is 5.64. The third kappa shape index (κ3) is 5.64. The van der Waals surface area contributed by atoms with E-state index >= 15 is 0 Å². The fraction of sp³-hybridized carbons (Fsp3) is 0.400. The van der Waals surface area contributed by atoms with Crippen molar-refractivity contribution in [2.45, 2.75) is 32.2 Å². The van der Waals surface area contributed by atoms with E-state index in [-0.39, 0.29) is 23.8 Å². The maximum Gasteiger partial charge on any atom is 0.298 e. The first-order valence-corrected chi connectivity index (χ1v) is 10.5. The van der Waals surface area contributed by atoms with Crippen LogP contribution < -0.4 is 4.74 Å². The minimum absolute atomic E-state index is 0.00526. The number of benzene rings is 1. The normalized spacial score (nSPS) is 14.9. The van der Waals surface area contributed by atoms with Gasteiger partial charge in [0.25, 0.3) is 11.8 Å². The quantitative estimate of drug-likeness (QED) is 0.676. The van der Waals surface area contributed by atoms with Gasteiger partial charge in [-0.25, -0.2) is 0 Å². The first-order valence-electron chi connectivity index (χ1n) is 10.5. The van der Waals surface area contributed by atoms with Gasteiger partial charge in [0.05, 0.1) is 12.7 Å². The van der Waals surface area contributed by atoms with Crippen LogP contribution in [0.2, 0.25) is 0 Å². The monoisotopic (exact) mass is 419 g/mol. The molecule has 162 valence electrons. The molecule has 2 aromatic rings. The predicted molar refractivity (Wildman–Crippen MR) is 120 cm³/mol. The van der Waals surface area contributed by atoms with Crippen molar-refractivity contribution in [2.75, 3.05) is 27.2 Å². The summed E-state index contributed by atoms with van der Waals surface area (Å²) < 4.78 is 5.38. The number of aromatic nitrogens is 1. The Bertz CT molecular complexity index is 957. The molecule has 1 aliphatic heterocycles. The van der Waals surface area contributed by atoms with Crippen molar-refractivity contribution in [3.8, 4) is 17.6 Å². The molecule has 6 nitrogen and oxygen atoms in total. The third-order valence-electron chi connectivity index (χ3n) is 5.91. The maximum absolute atomic E-state index is 13.2. The van der Waals surface area contributed by atoms with E-state index in [4.69, 9.17) is 4.74 Å². The first-order chi connectivity index (χ1) is 15.0. The second-order valence-electron chi connectivity index (χ2n) is 7.79. The van der Waals surface area contributed by atoms with E-state index in [2.05, 4.69) is 22.9 Å². The third-order valence-corrected chi connectivity index (χ3v) is 5.91. The summed E-state index contributed by atoms with van der Waals surface area (Å²) in [6, 6.07) is 11.5. The number of piperidine rings is 1. The summed E-state index contributed by atoms with van der Waals surface area (Å²) in [7, 11) is 3.51. The lowest BCUT2D eigenvalue weighted by molar-refractivity contribution is -0.126. The maximum atomic E-state index is 13.2. The van der Waals surface area contributed by atoms with Crippen molar-refractivity contribution in [1.29, 1.82) is 0 Å². The Morgan fingerprint density at radius 1 is 1.26 bits per heavy atom. The van der Waals surface area contributed by atoms with Crippen molar-refractivity contribution in [1.82, 2.24) is 14.8 Å². The molecule has 0 N–H and O–H groups in total. The molecule has 0 aliphatic carbocycles. The van der Waals surface area contributed by atoms with Gasteiger partial charge >= 0.3 is 0 Å². The zero-order valence-corrected chi connectivity index (χ0v) is 18.4. The molecule has 0 bridgehead atoms. The van der Waals surface area contributed by atoms with E-state index in [1.807, 2.05) is 30.1 Å². The molecular weight excluding hydrogens is 390 g/mol. The van der Waals surface area contributed by atoms with Gasteiger partial charge in [0, 0.05) is 38.6 Å². The van der Waals surface area contributed by atoms with Gasteiger partial charge in [0.15, 0.2) is 0 Å². The number of methoxy groups -OCH3 is 1. The van der Waals surface area contributed by atoms with Crippen LogP contribution in [-0.4, -0.2) is 59.9 Å². The number of carbonyl (C=O) groups is 2. The Hall–Kier alpha value is -3.33. The highest BCUT2D eigenvalue weighted by molar-refractivity contribution is 5.94. The van der Waals surface area contributed by atoms with Crippen LogP contribution in [0.15, 0.2) is 48.8 Å². The highest BCUT2D eigenvalue weighted by Crippen LogP contribution is 2.28. The number of ether oxygens (including phenoxy) is 1. The summed E-state index contributed by atoms with van der Waals surface area (Å²) in [6.45, 7) is 2.98. The SMILES string of the molecule is CC#CC(=O)N1CCC(C(Cc2cccc(OC)c2)N(C)C(=O)c2cccnc2)CC1. The minimum atomic E-state index is -0.120. The number of likely N-dealkylation sites (N-methyl/N-ethyl adjacent to an activating group) is 1. The summed E-state index contributed by atoms with van der Waals surface area (Å²) in [4.78, 5) is 33.0. The van der Waals surface area contributed by atoms with E-state index in [9.17, 15) is 9.59 Å². The van der Waals surface area contributed by atoms with Gasteiger partial charge in [-0.2, -0.15) is 0 Å². The zero-order valence-electron chi connectivity index (χ0n) is 18.4. The average Bonchev–Trinajstić information content (AvgIpc) is 2.82. The van der Waals surface area contributed by atoms with Crippen LogP contribution in [0.5, 0.6) is 5.75 Å². The number of carbonyl (C=O) groups excluding carboxylic acids is 2. The van der Waals surface area contributed by atoms with Crippen LogP contribution in [0.25, 0.3) is 0 Å². The van der Waals surface area contributed by atoms with Gasteiger partial charge in [-0.15, -0.1) is 0 Å². The number of nitrogens with zero attached hydrogens (tertiary/aromatic N) is 3. The molecule has 31 heavy (non-hydrogen) atoms. The van der Waals surface area contributed by atoms with Crippen LogP contribution in [0, 0.1) is 17.8 Å². The minimum Gasteiger partial charge on any atom is -0.497 e. The van der Waals surface area contributed by atoms with E-state index in [0.717, 1.165) is 24.2 Å². The molecule has 1 aromatic carbocycles. The Kier molecular flexibility index (Phi) is 7.66. The molecular formula is C25H29N3O3. The largest absolute Gasteiger partial charge is 0.497 e. The summed E-state index contributed by atoms with van der Waals surface area (Å²) in [5.74, 6) is 6.22. The van der Waals surface area contributed by atoms with Gasteiger partial charge in [-0.05, 0) is 67.9 Å². The lowest BCUT2D eigenvalue weighted by atomic mass is 9.84. The lowest BCUT2D eigenvalue weighted by Gasteiger charge is -2.39. The van der Waals surface area contributed by atoms with Gasteiger partial charge in [-0.1, -0.05) is 18.1 Å². The number of rotatable bonds is 6. The van der Waals surface area contributed by atoms with Crippen LogP contribution in [0.3, 0.4) is 0 Å². The average molecular weight is 420 g/mol. The smallest absolute Gasteiger partial charge is 0.298 e. The summed E-state index contributed by atoms with van der Waals surface area (Å²) >= 11 is 0. The van der Waals surface area contributed by atoms with E-state index < -0.39 is 0 Å². The van der Waals surface area contributed by atoms with E-state index in [1.54, 1.807) is 43.5 Å². The van der Waals surface area contributed by atoms with Crippen molar-refractivity contribution >= 4 is 11.8 Å². The van der Waals surface area contributed by atoms with Crippen LogP contribution in [0.4, 0.5) is 0 Å². The molecule has 0 radical (unpaired) electrons. The first kappa shape index (κ1) is 22.4. The fourth-order valence-corrected chi connectivity index (χ4v) is 4.18. The van der Waals surface area contributed by atoms with Crippen molar-refractivity contribution in [3.05, 3.63) is 59.9 Å². The second-order valence-corrected chi connectivity index (χ2v) is 7.79. The molecule has 6 heteroatoms. The molecule has 1 unspecified atom stereocenters. The highest BCUT2D eigenvalue weighted by Gasteiger charge is 2.33. The molecule has 1 saturated heterocycles. The van der Waals surface area contributed by atoms with E-state index in [0.29, 0.717) is 25.1 Å². The van der Waals surface area contributed by atoms with Crippen LogP contribution in [0.1, 0.15) is 35.7 Å². The fourth-order valence-electron chi connectivity index (χ4n) is 4.18. The number of pyridine rings is 1. The zero-order chi connectivity index (χ0) is 22.2. The topological polar surface area (TPSA) is 62.7 Å². The second kappa shape index (κ2) is 10.6. The lowest BCUT2D eigenvalue weighted by Crippen LogP contribution is -2.48. The Morgan fingerprint density at radius 2 is 2.03 bits per heavy atom. The Morgan fingerprint density at radius 3 is 2.68 bits per heavy atom. The Labute approximate surface area is 184 Å². The molecule has 2 heterocycles. The number of amides is 2.